The van der Waals surface area contributed by atoms with Crippen molar-refractivity contribution in [2.45, 2.75) is 83.6 Å². The number of amides is 2. The van der Waals surface area contributed by atoms with Crippen LogP contribution in [0.1, 0.15) is 64.9 Å². The molecule has 0 atom stereocenters. The summed E-state index contributed by atoms with van der Waals surface area (Å²) in [5, 5.41) is 1.53. The van der Waals surface area contributed by atoms with Crippen molar-refractivity contribution in [1.29, 1.82) is 0 Å². The molecule has 1 aliphatic heterocycles. The number of hydrogen-bond acceptors (Lipinski definition) is 5. The monoisotopic (exact) mass is 459 g/mol. The molecular formula is C26H41N3O4. The van der Waals surface area contributed by atoms with Gasteiger partial charge in [-0.3, -0.25) is 9.63 Å². The predicted molar refractivity (Wildman–Crippen MR) is 128 cm³/mol. The Kier molecular flexibility index (Phi) is 9.15. The summed E-state index contributed by atoms with van der Waals surface area (Å²) in [6.45, 7) is 8.71. The number of hydrogen-bond donors (Lipinski definition) is 0. The molecule has 1 heterocycles. The van der Waals surface area contributed by atoms with Gasteiger partial charge in [0.25, 0.3) is 0 Å². The SMILES string of the molecule is CN(CC1CCC(N(C=O)OCc2ccccc2)CC1)C1CCN(C(=O)OC(C)(C)C)CC1. The van der Waals surface area contributed by atoms with E-state index in [0.717, 1.165) is 70.1 Å². The molecule has 2 fully saturated rings. The van der Waals surface area contributed by atoms with Gasteiger partial charge in [0.05, 0.1) is 6.04 Å². The molecule has 1 aliphatic carbocycles. The summed E-state index contributed by atoms with van der Waals surface area (Å²) in [5.41, 5.74) is 0.618. The van der Waals surface area contributed by atoms with Crippen molar-refractivity contribution in [2.24, 2.45) is 5.92 Å². The van der Waals surface area contributed by atoms with Gasteiger partial charge in [0, 0.05) is 25.7 Å². The molecule has 0 unspecified atom stereocenters. The number of ether oxygens (including phenoxy) is 1. The van der Waals surface area contributed by atoms with Gasteiger partial charge >= 0.3 is 6.09 Å². The van der Waals surface area contributed by atoms with Crippen molar-refractivity contribution in [2.75, 3.05) is 26.7 Å². The summed E-state index contributed by atoms with van der Waals surface area (Å²) in [6, 6.07) is 10.6. The lowest BCUT2D eigenvalue weighted by atomic mass is 9.85. The van der Waals surface area contributed by atoms with Crippen LogP contribution in [0, 0.1) is 5.92 Å². The van der Waals surface area contributed by atoms with Crippen LogP contribution in [0.4, 0.5) is 4.79 Å². The predicted octanol–water partition coefficient (Wildman–Crippen LogP) is 4.47. The second-order valence-corrected chi connectivity index (χ2v) is 10.5. The molecule has 2 aliphatic rings. The zero-order valence-electron chi connectivity index (χ0n) is 20.7. The van der Waals surface area contributed by atoms with E-state index in [1.807, 2.05) is 56.0 Å². The normalized spacial score (nSPS) is 22.3. The maximum absolute atomic E-state index is 12.3. The van der Waals surface area contributed by atoms with Gasteiger partial charge in [-0.15, -0.1) is 0 Å². The fourth-order valence-electron chi connectivity index (χ4n) is 4.90. The Morgan fingerprint density at radius 1 is 1.03 bits per heavy atom. The van der Waals surface area contributed by atoms with Gasteiger partial charge in [-0.05, 0) is 77.8 Å². The van der Waals surface area contributed by atoms with E-state index in [1.165, 1.54) is 5.06 Å². The van der Waals surface area contributed by atoms with E-state index in [0.29, 0.717) is 18.6 Å². The molecule has 0 aromatic heterocycles. The van der Waals surface area contributed by atoms with Crippen molar-refractivity contribution in [3.05, 3.63) is 35.9 Å². The highest BCUT2D eigenvalue weighted by atomic mass is 16.7. The second kappa shape index (κ2) is 11.8. The lowest BCUT2D eigenvalue weighted by Crippen LogP contribution is -2.48. The van der Waals surface area contributed by atoms with Crippen LogP contribution in [0.25, 0.3) is 0 Å². The zero-order chi connectivity index (χ0) is 23.8. The first-order valence-corrected chi connectivity index (χ1v) is 12.3. The van der Waals surface area contributed by atoms with Crippen molar-refractivity contribution in [3.63, 3.8) is 0 Å². The van der Waals surface area contributed by atoms with Crippen LogP contribution in [0.5, 0.6) is 0 Å². The lowest BCUT2D eigenvalue weighted by molar-refractivity contribution is -0.197. The number of likely N-dealkylation sites (tertiary alicyclic amines) is 1. The Morgan fingerprint density at radius 3 is 2.24 bits per heavy atom. The molecule has 7 heteroatoms. The largest absolute Gasteiger partial charge is 0.444 e. The van der Waals surface area contributed by atoms with Crippen molar-refractivity contribution < 1.29 is 19.2 Å². The van der Waals surface area contributed by atoms with Gasteiger partial charge in [0.15, 0.2) is 0 Å². The van der Waals surface area contributed by atoms with Crippen molar-refractivity contribution >= 4 is 12.5 Å². The summed E-state index contributed by atoms with van der Waals surface area (Å²) in [7, 11) is 2.21. The number of benzene rings is 1. The van der Waals surface area contributed by atoms with Crippen LogP contribution in [0.3, 0.4) is 0 Å². The average molecular weight is 460 g/mol. The van der Waals surface area contributed by atoms with Gasteiger partial charge in [-0.25, -0.2) is 9.86 Å². The first-order valence-electron chi connectivity index (χ1n) is 12.3. The number of rotatable bonds is 8. The number of nitrogens with zero attached hydrogens (tertiary/aromatic N) is 3. The summed E-state index contributed by atoms with van der Waals surface area (Å²) in [6.07, 6.45) is 6.76. The smallest absolute Gasteiger partial charge is 0.410 e. The highest BCUT2D eigenvalue weighted by molar-refractivity contribution is 5.68. The zero-order valence-corrected chi connectivity index (χ0v) is 20.7. The van der Waals surface area contributed by atoms with Gasteiger partial charge in [-0.2, -0.15) is 0 Å². The molecule has 0 radical (unpaired) electrons. The average Bonchev–Trinajstić information content (AvgIpc) is 2.80. The van der Waals surface area contributed by atoms with Crippen LogP contribution >= 0.6 is 0 Å². The summed E-state index contributed by atoms with van der Waals surface area (Å²) >= 11 is 0. The molecule has 1 aromatic rings. The summed E-state index contributed by atoms with van der Waals surface area (Å²) in [5.74, 6) is 0.637. The molecule has 2 amide bonds. The number of carbonyl (C=O) groups is 2. The molecule has 1 saturated carbocycles. The number of piperidine rings is 1. The molecule has 7 nitrogen and oxygen atoms in total. The van der Waals surface area contributed by atoms with Crippen LogP contribution in [0.15, 0.2) is 30.3 Å². The van der Waals surface area contributed by atoms with Crippen LogP contribution in [-0.2, 0) is 21.0 Å². The molecule has 0 N–H and O–H groups in total. The lowest BCUT2D eigenvalue weighted by Gasteiger charge is -2.40. The quantitative estimate of drug-likeness (QED) is 0.424. The summed E-state index contributed by atoms with van der Waals surface area (Å²) in [4.78, 5) is 34.0. The number of carbonyl (C=O) groups excluding carboxylic acids is 2. The minimum atomic E-state index is -0.449. The first-order chi connectivity index (χ1) is 15.7. The first kappa shape index (κ1) is 25.5. The van der Waals surface area contributed by atoms with Gasteiger partial charge in [0.1, 0.15) is 12.2 Å². The van der Waals surface area contributed by atoms with Crippen molar-refractivity contribution in [3.8, 4) is 0 Å². The minimum Gasteiger partial charge on any atom is -0.444 e. The van der Waals surface area contributed by atoms with E-state index in [4.69, 9.17) is 9.57 Å². The van der Waals surface area contributed by atoms with Gasteiger partial charge in [-0.1, -0.05) is 30.3 Å². The molecule has 0 bridgehead atoms. The fourth-order valence-corrected chi connectivity index (χ4v) is 4.90. The standard InChI is InChI=1S/C26H41N3O4/c1-26(2,3)33-25(31)28-16-14-23(15-17-28)27(4)18-21-10-12-24(13-11-21)29(20-30)32-19-22-8-6-5-7-9-22/h5-9,20-21,23-24H,10-19H2,1-4H3. The maximum Gasteiger partial charge on any atom is 0.410 e. The highest BCUT2D eigenvalue weighted by Crippen LogP contribution is 2.29. The topological polar surface area (TPSA) is 62.3 Å². The Morgan fingerprint density at radius 2 is 1.67 bits per heavy atom. The Bertz CT molecular complexity index is 736. The van der Waals surface area contributed by atoms with Crippen LogP contribution in [0.2, 0.25) is 0 Å². The minimum absolute atomic E-state index is 0.157. The Hall–Kier alpha value is -2.12. The van der Waals surface area contributed by atoms with Crippen LogP contribution < -0.4 is 0 Å². The second-order valence-electron chi connectivity index (χ2n) is 10.5. The molecular weight excluding hydrogens is 418 g/mol. The van der Waals surface area contributed by atoms with E-state index < -0.39 is 5.60 Å². The Labute approximate surface area is 199 Å². The third-order valence-electron chi connectivity index (χ3n) is 6.79. The van der Waals surface area contributed by atoms with Gasteiger partial charge < -0.3 is 14.5 Å². The van der Waals surface area contributed by atoms with Gasteiger partial charge in [0.2, 0.25) is 6.41 Å². The molecule has 0 spiro atoms. The van der Waals surface area contributed by atoms with Crippen LogP contribution in [-0.4, -0.2) is 71.7 Å². The molecule has 1 aromatic carbocycles. The molecule has 184 valence electrons. The summed E-state index contributed by atoms with van der Waals surface area (Å²) < 4.78 is 5.51. The number of hydroxylamine groups is 2. The third-order valence-corrected chi connectivity index (χ3v) is 6.79. The highest BCUT2D eigenvalue weighted by Gasteiger charge is 2.31. The van der Waals surface area contributed by atoms with E-state index in [-0.39, 0.29) is 12.1 Å². The fraction of sp³-hybridized carbons (Fsp3) is 0.692. The van der Waals surface area contributed by atoms with E-state index in [2.05, 4.69) is 11.9 Å². The van der Waals surface area contributed by atoms with E-state index in [9.17, 15) is 9.59 Å². The molecule has 1 saturated heterocycles. The van der Waals surface area contributed by atoms with E-state index >= 15 is 0 Å². The molecule has 33 heavy (non-hydrogen) atoms. The Balaban J connectivity index is 1.37. The molecule has 3 rings (SSSR count). The van der Waals surface area contributed by atoms with E-state index in [1.54, 1.807) is 0 Å². The van der Waals surface area contributed by atoms with Crippen molar-refractivity contribution in [1.82, 2.24) is 14.9 Å². The third kappa shape index (κ3) is 8.00. The maximum atomic E-state index is 12.3.